The van der Waals surface area contributed by atoms with Crippen LogP contribution in [0.15, 0.2) is 0 Å². The summed E-state index contributed by atoms with van der Waals surface area (Å²) >= 11 is 0. The maximum atomic E-state index is 12.3. The van der Waals surface area contributed by atoms with Crippen LogP contribution in [-0.4, -0.2) is 40.9 Å². The quantitative estimate of drug-likeness (QED) is 0.522. The summed E-state index contributed by atoms with van der Waals surface area (Å²) < 4.78 is 0. The van der Waals surface area contributed by atoms with Crippen LogP contribution in [-0.2, 0) is 9.59 Å². The first kappa shape index (κ1) is 17.2. The van der Waals surface area contributed by atoms with Gasteiger partial charge < -0.3 is 10.0 Å². The minimum Gasteiger partial charge on any atom is -0.394 e. The zero-order valence-electron chi connectivity index (χ0n) is 12.9. The number of unbranched alkanes of at least 4 members (excludes halogenated alkanes) is 4. The summed E-state index contributed by atoms with van der Waals surface area (Å²) in [5, 5.41) is 9.25. The summed E-state index contributed by atoms with van der Waals surface area (Å²) in [6.45, 7) is 4.56. The third-order valence-electron chi connectivity index (χ3n) is 4.25. The molecule has 1 aliphatic rings. The van der Waals surface area contributed by atoms with Gasteiger partial charge in [-0.05, 0) is 26.2 Å². The van der Waals surface area contributed by atoms with Crippen molar-refractivity contribution < 1.29 is 14.7 Å². The van der Waals surface area contributed by atoms with Gasteiger partial charge in [0.1, 0.15) is 5.78 Å². The number of rotatable bonds is 9. The first-order valence-corrected chi connectivity index (χ1v) is 8.05. The fourth-order valence-corrected chi connectivity index (χ4v) is 2.82. The molecule has 0 aromatic heterocycles. The maximum Gasteiger partial charge on any atom is 0.233 e. The largest absolute Gasteiger partial charge is 0.394 e. The van der Waals surface area contributed by atoms with Gasteiger partial charge in [-0.3, -0.25) is 9.59 Å². The molecule has 1 unspecified atom stereocenters. The number of amides is 1. The molecular formula is C16H29NO3. The van der Waals surface area contributed by atoms with Gasteiger partial charge in [0.15, 0.2) is 0 Å². The zero-order chi connectivity index (χ0) is 15.0. The van der Waals surface area contributed by atoms with Crippen LogP contribution < -0.4 is 0 Å². The Morgan fingerprint density at radius 3 is 2.60 bits per heavy atom. The number of nitrogens with zero attached hydrogens (tertiary/aromatic N) is 1. The molecule has 0 spiro atoms. The van der Waals surface area contributed by atoms with Crippen LogP contribution in [0.5, 0.6) is 0 Å². The van der Waals surface area contributed by atoms with E-state index in [-0.39, 0.29) is 24.3 Å². The Balaban J connectivity index is 2.34. The van der Waals surface area contributed by atoms with E-state index in [1.54, 1.807) is 11.8 Å². The van der Waals surface area contributed by atoms with Gasteiger partial charge in [0, 0.05) is 13.0 Å². The van der Waals surface area contributed by atoms with Gasteiger partial charge in [0.2, 0.25) is 5.91 Å². The van der Waals surface area contributed by atoms with E-state index in [1.165, 1.54) is 19.3 Å². The summed E-state index contributed by atoms with van der Waals surface area (Å²) in [7, 11) is 0. The van der Waals surface area contributed by atoms with Crippen molar-refractivity contribution in [2.24, 2.45) is 5.92 Å². The number of carbonyl (C=O) groups excluding carboxylic acids is 2. The lowest BCUT2D eigenvalue weighted by Crippen LogP contribution is -2.42. The fraction of sp³-hybridized carbons (Fsp3) is 0.875. The van der Waals surface area contributed by atoms with E-state index in [0.29, 0.717) is 13.0 Å². The van der Waals surface area contributed by atoms with Gasteiger partial charge in [-0.2, -0.15) is 0 Å². The van der Waals surface area contributed by atoms with Gasteiger partial charge in [-0.15, -0.1) is 0 Å². The van der Waals surface area contributed by atoms with Gasteiger partial charge in [0.25, 0.3) is 0 Å². The highest BCUT2D eigenvalue weighted by Gasteiger charge is 2.33. The second kappa shape index (κ2) is 9.11. The van der Waals surface area contributed by atoms with Crippen molar-refractivity contribution in [3.63, 3.8) is 0 Å². The van der Waals surface area contributed by atoms with Crippen molar-refractivity contribution in [1.82, 2.24) is 4.90 Å². The summed E-state index contributed by atoms with van der Waals surface area (Å²) in [6.07, 6.45) is 7.83. The molecule has 116 valence electrons. The highest BCUT2D eigenvalue weighted by atomic mass is 16.3. The van der Waals surface area contributed by atoms with E-state index in [4.69, 9.17) is 0 Å². The lowest BCUT2D eigenvalue weighted by molar-refractivity contribution is -0.141. The lowest BCUT2D eigenvalue weighted by atomic mass is 9.98. The Morgan fingerprint density at radius 1 is 1.25 bits per heavy atom. The number of likely N-dealkylation sites (tertiary alicyclic amines) is 1. The predicted octanol–water partition coefficient (Wildman–Crippen LogP) is 2.54. The Kier molecular flexibility index (Phi) is 7.82. The molecule has 0 aromatic rings. The van der Waals surface area contributed by atoms with Crippen LogP contribution in [0.3, 0.4) is 0 Å². The highest BCUT2D eigenvalue weighted by Crippen LogP contribution is 2.20. The lowest BCUT2D eigenvalue weighted by Gasteiger charge is -2.25. The molecule has 1 fully saturated rings. The zero-order valence-corrected chi connectivity index (χ0v) is 12.9. The Hall–Kier alpha value is -0.900. The number of ketones is 1. The number of aliphatic hydroxyl groups is 1. The van der Waals surface area contributed by atoms with Crippen LogP contribution in [0.1, 0.15) is 65.2 Å². The molecule has 0 aromatic carbocycles. The van der Waals surface area contributed by atoms with Crippen LogP contribution in [0.25, 0.3) is 0 Å². The van der Waals surface area contributed by atoms with E-state index in [9.17, 15) is 14.7 Å². The third-order valence-corrected chi connectivity index (χ3v) is 4.25. The van der Waals surface area contributed by atoms with Crippen LogP contribution in [0, 0.1) is 5.92 Å². The average Bonchev–Trinajstić information content (AvgIpc) is 2.93. The minimum atomic E-state index is -0.548. The monoisotopic (exact) mass is 283 g/mol. The summed E-state index contributed by atoms with van der Waals surface area (Å²) in [6, 6.07) is -0.0812. The van der Waals surface area contributed by atoms with Gasteiger partial charge in [-0.25, -0.2) is 0 Å². The second-order valence-electron chi connectivity index (χ2n) is 5.86. The van der Waals surface area contributed by atoms with Crippen molar-refractivity contribution in [2.75, 3.05) is 13.2 Å². The fourth-order valence-electron chi connectivity index (χ4n) is 2.82. The molecule has 0 saturated carbocycles. The molecule has 4 nitrogen and oxygen atoms in total. The molecule has 20 heavy (non-hydrogen) atoms. The molecule has 0 radical (unpaired) electrons. The topological polar surface area (TPSA) is 57.6 Å². The van der Waals surface area contributed by atoms with Crippen molar-refractivity contribution in [3.05, 3.63) is 0 Å². The molecule has 0 aliphatic carbocycles. The number of aliphatic hydroxyl groups excluding tert-OH is 1. The van der Waals surface area contributed by atoms with Crippen molar-refractivity contribution in [2.45, 2.75) is 71.3 Å². The van der Waals surface area contributed by atoms with Gasteiger partial charge in [-0.1, -0.05) is 32.6 Å². The molecule has 4 heteroatoms. The molecule has 1 N–H and O–H groups in total. The van der Waals surface area contributed by atoms with E-state index in [1.807, 2.05) is 0 Å². The molecule has 1 aliphatic heterocycles. The summed E-state index contributed by atoms with van der Waals surface area (Å²) in [5.74, 6) is -0.594. The highest BCUT2D eigenvalue weighted by molar-refractivity contribution is 6.01. The van der Waals surface area contributed by atoms with Gasteiger partial charge in [0.05, 0.1) is 18.6 Å². The van der Waals surface area contributed by atoms with E-state index < -0.39 is 5.92 Å². The number of hydrogen-bond acceptors (Lipinski definition) is 3. The molecular weight excluding hydrogens is 254 g/mol. The van der Waals surface area contributed by atoms with Crippen molar-refractivity contribution >= 4 is 11.7 Å². The molecule has 1 heterocycles. The molecule has 1 amide bonds. The average molecular weight is 283 g/mol. The van der Waals surface area contributed by atoms with Crippen molar-refractivity contribution in [1.29, 1.82) is 0 Å². The molecule has 0 bridgehead atoms. The van der Waals surface area contributed by atoms with Gasteiger partial charge >= 0.3 is 0 Å². The number of Topliss-reactive ketones (excluding diaryl/α,β-unsaturated/α-hetero) is 1. The van der Waals surface area contributed by atoms with E-state index >= 15 is 0 Å². The normalized spacial score (nSPS) is 20.1. The Morgan fingerprint density at radius 2 is 1.95 bits per heavy atom. The predicted molar refractivity (Wildman–Crippen MR) is 79.4 cm³/mol. The third kappa shape index (κ3) is 4.89. The maximum absolute atomic E-state index is 12.3. The van der Waals surface area contributed by atoms with Crippen LogP contribution >= 0.6 is 0 Å². The molecule has 2 atom stereocenters. The number of carbonyl (C=O) groups is 2. The first-order chi connectivity index (χ1) is 9.61. The standard InChI is InChI=1S/C16H29NO3/c1-3-4-5-6-7-10-15(19)13(2)16(20)17-11-8-9-14(17)12-18/h13-14,18H,3-12H2,1-2H3/t13?,14-/m1/s1. The SMILES string of the molecule is CCCCCCCC(=O)C(C)C(=O)N1CCC[C@@H]1CO. The summed E-state index contributed by atoms with van der Waals surface area (Å²) in [5.41, 5.74) is 0. The Labute approximate surface area is 122 Å². The molecule has 1 rings (SSSR count). The molecule has 1 saturated heterocycles. The van der Waals surface area contributed by atoms with E-state index in [2.05, 4.69) is 6.92 Å². The van der Waals surface area contributed by atoms with Crippen molar-refractivity contribution in [3.8, 4) is 0 Å². The first-order valence-electron chi connectivity index (χ1n) is 8.05. The van der Waals surface area contributed by atoms with E-state index in [0.717, 1.165) is 25.7 Å². The second-order valence-corrected chi connectivity index (χ2v) is 5.86. The Bertz CT molecular complexity index is 317. The summed E-state index contributed by atoms with van der Waals surface area (Å²) in [4.78, 5) is 26.0. The minimum absolute atomic E-state index is 0.00364. The smallest absolute Gasteiger partial charge is 0.233 e. The van der Waals surface area contributed by atoms with Crippen LogP contribution in [0.4, 0.5) is 0 Å². The number of hydrogen-bond donors (Lipinski definition) is 1. The van der Waals surface area contributed by atoms with Crippen LogP contribution in [0.2, 0.25) is 0 Å².